The van der Waals surface area contributed by atoms with E-state index < -0.39 is 4.92 Å². The smallest absolute Gasteiger partial charge is 0.270 e. The number of carbonyl (C=O) groups is 1. The number of nitrogens with zero attached hydrogens (tertiary/aromatic N) is 3. The van der Waals surface area contributed by atoms with E-state index in [1.54, 1.807) is 31.3 Å². The standard InChI is InChI=1S/C23H18BrN3O4S/c1-3-14-6-4-5-7-19(14)25-23-26(2)22(28)21(32-23)13-16-9-11-20(31-16)17-10-8-15(27(29)30)12-18(17)24/h4-13H,3H2,1-2H3/b21-13+,25-23?. The van der Waals surface area contributed by atoms with Crippen LogP contribution in [0, 0.1) is 10.1 Å². The zero-order valence-electron chi connectivity index (χ0n) is 17.2. The molecule has 7 nitrogen and oxygen atoms in total. The number of nitro groups is 1. The molecule has 2 heterocycles. The van der Waals surface area contributed by atoms with Gasteiger partial charge in [-0.1, -0.05) is 25.1 Å². The van der Waals surface area contributed by atoms with E-state index in [0.29, 0.717) is 31.6 Å². The Morgan fingerprint density at radius 3 is 2.72 bits per heavy atom. The Bertz CT molecular complexity index is 1280. The molecule has 0 atom stereocenters. The Labute approximate surface area is 197 Å². The summed E-state index contributed by atoms with van der Waals surface area (Å²) in [7, 11) is 1.70. The van der Waals surface area contributed by atoms with Crippen LogP contribution in [0.15, 0.2) is 73.4 Å². The Kier molecular flexibility index (Phi) is 6.29. The summed E-state index contributed by atoms with van der Waals surface area (Å²) in [5, 5.41) is 11.5. The molecule has 9 heteroatoms. The highest BCUT2D eigenvalue weighted by molar-refractivity contribution is 9.10. The highest BCUT2D eigenvalue weighted by atomic mass is 79.9. The molecule has 0 saturated carbocycles. The lowest BCUT2D eigenvalue weighted by Crippen LogP contribution is -2.23. The maximum atomic E-state index is 12.7. The average Bonchev–Trinajstić information content (AvgIpc) is 3.34. The molecule has 3 aromatic rings. The second kappa shape index (κ2) is 9.13. The van der Waals surface area contributed by atoms with Crippen molar-refractivity contribution in [3.63, 3.8) is 0 Å². The fourth-order valence-corrected chi connectivity index (χ4v) is 4.72. The number of rotatable bonds is 5. The third kappa shape index (κ3) is 4.39. The number of amidine groups is 1. The van der Waals surface area contributed by atoms with E-state index in [2.05, 4.69) is 22.9 Å². The van der Waals surface area contributed by atoms with E-state index in [9.17, 15) is 14.9 Å². The summed E-state index contributed by atoms with van der Waals surface area (Å²) in [6.45, 7) is 2.07. The van der Waals surface area contributed by atoms with Gasteiger partial charge >= 0.3 is 0 Å². The minimum atomic E-state index is -0.454. The van der Waals surface area contributed by atoms with E-state index in [1.807, 2.05) is 24.3 Å². The highest BCUT2D eigenvalue weighted by Crippen LogP contribution is 2.36. The van der Waals surface area contributed by atoms with Gasteiger partial charge in [0.05, 0.1) is 15.5 Å². The van der Waals surface area contributed by atoms with Gasteiger partial charge in [0.2, 0.25) is 0 Å². The second-order valence-corrected chi connectivity index (χ2v) is 8.84. The van der Waals surface area contributed by atoms with E-state index in [0.717, 1.165) is 17.7 Å². The van der Waals surface area contributed by atoms with Crippen LogP contribution in [0.2, 0.25) is 0 Å². The number of furan rings is 1. The Hall–Kier alpha value is -3.17. The lowest BCUT2D eigenvalue weighted by Gasteiger charge is -2.08. The predicted octanol–water partition coefficient (Wildman–Crippen LogP) is 6.41. The van der Waals surface area contributed by atoms with Crippen LogP contribution < -0.4 is 0 Å². The first-order chi connectivity index (χ1) is 15.4. The molecule has 1 amide bonds. The third-order valence-corrected chi connectivity index (χ3v) is 6.64. The van der Waals surface area contributed by atoms with Crippen LogP contribution in [-0.4, -0.2) is 27.9 Å². The normalized spacial score (nSPS) is 16.3. The summed E-state index contributed by atoms with van der Waals surface area (Å²) in [6.07, 6.45) is 2.53. The van der Waals surface area contributed by atoms with Crippen LogP contribution in [-0.2, 0) is 11.2 Å². The van der Waals surface area contributed by atoms with Crippen molar-refractivity contribution in [2.75, 3.05) is 7.05 Å². The zero-order valence-corrected chi connectivity index (χ0v) is 19.6. The number of hydrogen-bond acceptors (Lipinski definition) is 6. The van der Waals surface area contributed by atoms with Crippen LogP contribution >= 0.6 is 27.7 Å². The predicted molar refractivity (Wildman–Crippen MR) is 130 cm³/mol. The van der Waals surface area contributed by atoms with Crippen LogP contribution in [0.4, 0.5) is 11.4 Å². The number of benzene rings is 2. The largest absolute Gasteiger partial charge is 0.457 e. The number of amides is 1. The molecule has 162 valence electrons. The molecule has 1 aliphatic rings. The van der Waals surface area contributed by atoms with Crippen molar-refractivity contribution in [3.05, 3.63) is 85.4 Å². The van der Waals surface area contributed by atoms with E-state index in [-0.39, 0.29) is 11.6 Å². The minimum absolute atomic E-state index is 0.0121. The van der Waals surface area contributed by atoms with E-state index in [4.69, 9.17) is 9.41 Å². The second-order valence-electron chi connectivity index (χ2n) is 6.97. The summed E-state index contributed by atoms with van der Waals surface area (Å²) in [5.41, 5.74) is 2.63. The first-order valence-electron chi connectivity index (χ1n) is 9.75. The zero-order chi connectivity index (χ0) is 22.8. The fraction of sp³-hybridized carbons (Fsp3) is 0.130. The first kappa shape index (κ1) is 22.0. The number of thioether (sulfide) groups is 1. The number of hydrogen-bond donors (Lipinski definition) is 0. The quantitative estimate of drug-likeness (QED) is 0.224. The summed E-state index contributed by atoms with van der Waals surface area (Å²) in [4.78, 5) is 29.9. The van der Waals surface area contributed by atoms with Gasteiger partial charge in [-0.2, -0.15) is 0 Å². The van der Waals surface area contributed by atoms with Gasteiger partial charge in [0, 0.05) is 35.3 Å². The number of non-ortho nitro benzene ring substituents is 1. The monoisotopic (exact) mass is 511 g/mol. The van der Waals surface area contributed by atoms with Gasteiger partial charge < -0.3 is 4.42 Å². The molecule has 0 spiro atoms. The van der Waals surface area contributed by atoms with Crippen LogP contribution in [0.25, 0.3) is 17.4 Å². The summed E-state index contributed by atoms with van der Waals surface area (Å²) >= 11 is 4.65. The lowest BCUT2D eigenvalue weighted by atomic mass is 10.1. The van der Waals surface area contributed by atoms with E-state index >= 15 is 0 Å². The number of para-hydroxylation sites is 1. The molecule has 1 saturated heterocycles. The van der Waals surface area contributed by atoms with Gasteiger partial charge in [0.15, 0.2) is 5.17 Å². The average molecular weight is 512 g/mol. The van der Waals surface area contributed by atoms with Crippen molar-refractivity contribution in [1.29, 1.82) is 0 Å². The van der Waals surface area contributed by atoms with Gasteiger partial charge in [0.25, 0.3) is 11.6 Å². The van der Waals surface area contributed by atoms with Gasteiger partial charge in [-0.05, 0) is 63.9 Å². The maximum absolute atomic E-state index is 12.7. The number of carbonyl (C=O) groups excluding carboxylic acids is 1. The molecular formula is C23H18BrN3O4S. The molecule has 1 fully saturated rings. The maximum Gasteiger partial charge on any atom is 0.270 e. The van der Waals surface area contributed by atoms with Crippen molar-refractivity contribution in [2.45, 2.75) is 13.3 Å². The number of halogens is 1. The molecule has 32 heavy (non-hydrogen) atoms. The van der Waals surface area contributed by atoms with Crippen LogP contribution in [0.5, 0.6) is 0 Å². The summed E-state index contributed by atoms with van der Waals surface area (Å²) in [6, 6.07) is 15.9. The molecule has 0 aliphatic carbocycles. The Morgan fingerprint density at radius 1 is 1.22 bits per heavy atom. The summed E-state index contributed by atoms with van der Waals surface area (Å²) in [5.74, 6) is 0.884. The molecule has 1 aliphatic heterocycles. The summed E-state index contributed by atoms with van der Waals surface area (Å²) < 4.78 is 6.44. The molecule has 2 aromatic carbocycles. The van der Waals surface area contributed by atoms with Gasteiger partial charge in [-0.3, -0.25) is 19.8 Å². The number of aryl methyl sites for hydroxylation is 1. The molecule has 4 rings (SSSR count). The molecule has 0 unspecified atom stereocenters. The van der Waals surface area contributed by atoms with Gasteiger partial charge in [-0.25, -0.2) is 4.99 Å². The molecule has 0 bridgehead atoms. The van der Waals surface area contributed by atoms with E-state index in [1.165, 1.54) is 28.8 Å². The van der Waals surface area contributed by atoms with Crippen molar-refractivity contribution in [1.82, 2.24) is 4.90 Å². The van der Waals surface area contributed by atoms with Crippen molar-refractivity contribution in [3.8, 4) is 11.3 Å². The SMILES string of the molecule is CCc1ccccc1N=C1S/C(=C/c2ccc(-c3ccc([N+](=O)[O-])cc3Br)o2)C(=O)N1C. The fourth-order valence-electron chi connectivity index (χ4n) is 3.20. The number of likely N-dealkylation sites (N-methyl/N-ethyl adjacent to an activating group) is 1. The van der Waals surface area contributed by atoms with Crippen LogP contribution in [0.3, 0.4) is 0 Å². The highest BCUT2D eigenvalue weighted by Gasteiger charge is 2.31. The lowest BCUT2D eigenvalue weighted by molar-refractivity contribution is -0.384. The van der Waals surface area contributed by atoms with Crippen molar-refractivity contribution >= 4 is 56.2 Å². The number of aliphatic imine (C=N–C) groups is 1. The minimum Gasteiger partial charge on any atom is -0.457 e. The first-order valence-corrected chi connectivity index (χ1v) is 11.4. The number of nitro benzene ring substituents is 1. The van der Waals surface area contributed by atoms with Crippen molar-refractivity contribution < 1.29 is 14.1 Å². The van der Waals surface area contributed by atoms with Crippen LogP contribution in [0.1, 0.15) is 18.2 Å². The molecule has 0 radical (unpaired) electrons. The Balaban J connectivity index is 1.60. The molecule has 0 N–H and O–H groups in total. The van der Waals surface area contributed by atoms with Crippen molar-refractivity contribution in [2.24, 2.45) is 4.99 Å². The molecule has 1 aromatic heterocycles. The Morgan fingerprint density at radius 2 is 2.00 bits per heavy atom. The topological polar surface area (TPSA) is 89.0 Å². The van der Waals surface area contributed by atoms with Gasteiger partial charge in [0.1, 0.15) is 11.5 Å². The van der Waals surface area contributed by atoms with Gasteiger partial charge in [-0.15, -0.1) is 0 Å². The third-order valence-electron chi connectivity index (χ3n) is 4.92. The molecular weight excluding hydrogens is 494 g/mol.